The number of H-pyrrole nitrogens is 1. The maximum atomic E-state index is 12.5. The number of aromatic amines is 1. The maximum absolute atomic E-state index is 12.5. The monoisotopic (exact) mass is 569 g/mol. The molecule has 2 atom stereocenters. The summed E-state index contributed by atoms with van der Waals surface area (Å²) in [6.07, 6.45) is 7.68. The molecule has 9 nitrogen and oxygen atoms in total. The normalized spacial score (nSPS) is 19.7. The fraction of sp³-hybridized carbons (Fsp3) is 0.515. The van der Waals surface area contributed by atoms with Crippen molar-refractivity contribution < 1.29 is 9.53 Å². The molecule has 2 unspecified atom stereocenters. The quantitative estimate of drug-likeness (QED) is 0.290. The zero-order valence-electron chi connectivity index (χ0n) is 25.7. The standard InChI is InChI=1S/C33H43N7O2/c1-22(38-11-13-39(14-12-38)31(41)42-32(2,3)4)23-9-10-34-27(15-23)17-30-36-28-8-7-24(16-29(28)37-30)25-19-35-40(20-25)21-26-18-33(26,5)6/h7-10,15-16,19-20,22,26H,11-14,17-18,21H2,1-6H3,(H,36,37). The van der Waals surface area contributed by atoms with Gasteiger partial charge in [-0.25, -0.2) is 9.78 Å². The summed E-state index contributed by atoms with van der Waals surface area (Å²) in [5.41, 5.74) is 6.41. The van der Waals surface area contributed by atoms with E-state index in [0.717, 1.165) is 53.3 Å². The van der Waals surface area contributed by atoms with Crippen molar-refractivity contribution in [2.45, 2.75) is 72.6 Å². The second kappa shape index (κ2) is 10.8. The molecule has 0 bridgehead atoms. The molecule has 1 aromatic carbocycles. The minimum atomic E-state index is -0.478. The molecule has 1 aliphatic heterocycles. The first-order chi connectivity index (χ1) is 19.9. The van der Waals surface area contributed by atoms with Crippen LogP contribution >= 0.6 is 0 Å². The highest BCUT2D eigenvalue weighted by molar-refractivity contribution is 5.81. The van der Waals surface area contributed by atoms with Crippen LogP contribution in [-0.2, 0) is 17.7 Å². The third kappa shape index (κ3) is 6.36. The Labute approximate surface area is 248 Å². The highest BCUT2D eigenvalue weighted by atomic mass is 16.6. The largest absolute Gasteiger partial charge is 0.444 e. The number of ether oxygens (including phenoxy) is 1. The zero-order chi connectivity index (χ0) is 29.6. The zero-order valence-corrected chi connectivity index (χ0v) is 25.7. The lowest BCUT2D eigenvalue weighted by molar-refractivity contribution is 0.0110. The van der Waals surface area contributed by atoms with Gasteiger partial charge >= 0.3 is 6.09 Å². The first-order valence-corrected chi connectivity index (χ1v) is 15.1. The minimum absolute atomic E-state index is 0.220. The van der Waals surface area contributed by atoms with Crippen molar-refractivity contribution in [1.29, 1.82) is 0 Å². The summed E-state index contributed by atoms with van der Waals surface area (Å²) in [5.74, 6) is 1.62. The van der Waals surface area contributed by atoms with Crippen LogP contribution in [0.3, 0.4) is 0 Å². The van der Waals surface area contributed by atoms with Crippen LogP contribution in [0.1, 0.15) is 71.1 Å². The second-order valence-corrected chi connectivity index (χ2v) is 13.7. The van der Waals surface area contributed by atoms with Crippen molar-refractivity contribution in [3.05, 3.63) is 66.0 Å². The molecule has 2 aliphatic rings. The number of nitrogens with zero attached hydrogens (tertiary/aromatic N) is 6. The number of fused-ring (bicyclic) bond motifs is 1. The predicted molar refractivity (Wildman–Crippen MR) is 164 cm³/mol. The van der Waals surface area contributed by atoms with Crippen molar-refractivity contribution in [2.24, 2.45) is 11.3 Å². The molecule has 2 fully saturated rings. The van der Waals surface area contributed by atoms with Crippen molar-refractivity contribution in [2.75, 3.05) is 26.2 Å². The van der Waals surface area contributed by atoms with Crippen LogP contribution < -0.4 is 0 Å². The van der Waals surface area contributed by atoms with E-state index in [0.29, 0.717) is 30.8 Å². The number of imidazole rings is 1. The Kier molecular flexibility index (Phi) is 7.33. The number of benzene rings is 1. The van der Waals surface area contributed by atoms with Gasteiger partial charge in [-0.2, -0.15) is 5.10 Å². The smallest absolute Gasteiger partial charge is 0.410 e. The average molecular weight is 570 g/mol. The van der Waals surface area contributed by atoms with Crippen molar-refractivity contribution >= 4 is 17.1 Å². The second-order valence-electron chi connectivity index (χ2n) is 13.7. The molecule has 1 N–H and O–H groups in total. The molecule has 9 heteroatoms. The van der Waals surface area contributed by atoms with Crippen LogP contribution in [0.15, 0.2) is 48.9 Å². The van der Waals surface area contributed by atoms with E-state index in [1.807, 2.05) is 33.2 Å². The average Bonchev–Trinajstić information content (AvgIpc) is 3.27. The van der Waals surface area contributed by atoms with E-state index in [2.05, 4.69) is 81.9 Å². The molecule has 1 aliphatic carbocycles. The number of hydrogen-bond acceptors (Lipinski definition) is 6. The molecule has 4 aromatic rings. The van der Waals surface area contributed by atoms with Gasteiger partial charge in [-0.05, 0) is 80.8 Å². The van der Waals surface area contributed by atoms with Gasteiger partial charge in [-0.15, -0.1) is 0 Å². The number of carbonyl (C=O) groups is 1. The van der Waals surface area contributed by atoms with Crippen LogP contribution in [0.5, 0.6) is 0 Å². The first kappa shape index (κ1) is 28.4. The molecule has 1 amide bonds. The van der Waals surface area contributed by atoms with E-state index in [-0.39, 0.29) is 12.1 Å². The third-order valence-corrected chi connectivity index (χ3v) is 8.81. The molecule has 0 radical (unpaired) electrons. The lowest BCUT2D eigenvalue weighted by Gasteiger charge is -2.38. The maximum Gasteiger partial charge on any atom is 0.410 e. The van der Waals surface area contributed by atoms with E-state index in [1.165, 1.54) is 12.0 Å². The number of hydrogen-bond donors (Lipinski definition) is 1. The SMILES string of the molecule is CC(c1ccnc(Cc2nc3ccc(-c4cnn(CC5CC5(C)C)c4)cc3[nH]2)c1)N1CCN(C(=O)OC(C)(C)C)CC1. The van der Waals surface area contributed by atoms with Crippen LogP contribution in [0.2, 0.25) is 0 Å². The summed E-state index contributed by atoms with van der Waals surface area (Å²) < 4.78 is 7.63. The van der Waals surface area contributed by atoms with Gasteiger partial charge in [0, 0.05) is 68.8 Å². The van der Waals surface area contributed by atoms with Gasteiger partial charge in [0.1, 0.15) is 11.4 Å². The lowest BCUT2D eigenvalue weighted by Crippen LogP contribution is -2.50. The Morgan fingerprint density at radius 2 is 1.88 bits per heavy atom. The Hall–Kier alpha value is -3.72. The molecular formula is C33H43N7O2. The number of piperazine rings is 1. The lowest BCUT2D eigenvalue weighted by atomic mass is 10.1. The van der Waals surface area contributed by atoms with E-state index >= 15 is 0 Å². The third-order valence-electron chi connectivity index (χ3n) is 8.81. The summed E-state index contributed by atoms with van der Waals surface area (Å²) in [4.78, 5) is 29.7. The number of aromatic nitrogens is 5. The molecule has 6 rings (SSSR count). The molecule has 1 saturated heterocycles. The Morgan fingerprint density at radius 1 is 1.12 bits per heavy atom. The molecule has 222 valence electrons. The molecule has 4 heterocycles. The predicted octanol–water partition coefficient (Wildman–Crippen LogP) is 6.07. The van der Waals surface area contributed by atoms with Crippen LogP contribution in [-0.4, -0.2) is 72.4 Å². The van der Waals surface area contributed by atoms with E-state index in [4.69, 9.17) is 9.72 Å². The number of amides is 1. The van der Waals surface area contributed by atoms with E-state index < -0.39 is 5.60 Å². The number of rotatable bonds is 7. The van der Waals surface area contributed by atoms with Crippen LogP contribution in [0, 0.1) is 11.3 Å². The Balaban J connectivity index is 1.09. The Morgan fingerprint density at radius 3 is 2.60 bits per heavy atom. The van der Waals surface area contributed by atoms with Gasteiger partial charge in [0.25, 0.3) is 0 Å². The highest BCUT2D eigenvalue weighted by Crippen LogP contribution is 2.52. The summed E-state index contributed by atoms with van der Waals surface area (Å²) in [6.45, 7) is 16.5. The summed E-state index contributed by atoms with van der Waals surface area (Å²) in [5, 5.41) is 4.62. The fourth-order valence-electron chi connectivity index (χ4n) is 5.91. The number of nitrogens with one attached hydrogen (secondary N) is 1. The van der Waals surface area contributed by atoms with Gasteiger partial charge in [0.15, 0.2) is 0 Å². The van der Waals surface area contributed by atoms with Crippen LogP contribution in [0.4, 0.5) is 4.79 Å². The molecule has 0 spiro atoms. The molecular weight excluding hydrogens is 526 g/mol. The van der Waals surface area contributed by atoms with Crippen molar-refractivity contribution in [3.63, 3.8) is 0 Å². The van der Waals surface area contributed by atoms with E-state index in [9.17, 15) is 4.79 Å². The van der Waals surface area contributed by atoms with Gasteiger partial charge in [0.2, 0.25) is 0 Å². The highest BCUT2D eigenvalue weighted by Gasteiger charge is 2.45. The van der Waals surface area contributed by atoms with Gasteiger partial charge in [0.05, 0.1) is 17.2 Å². The van der Waals surface area contributed by atoms with Gasteiger partial charge in [-0.1, -0.05) is 19.9 Å². The molecule has 3 aromatic heterocycles. The fourth-order valence-corrected chi connectivity index (χ4v) is 5.91. The van der Waals surface area contributed by atoms with Crippen LogP contribution in [0.25, 0.3) is 22.2 Å². The summed E-state index contributed by atoms with van der Waals surface area (Å²) in [6, 6.07) is 10.9. The first-order valence-electron chi connectivity index (χ1n) is 15.1. The van der Waals surface area contributed by atoms with Gasteiger partial charge < -0.3 is 14.6 Å². The summed E-state index contributed by atoms with van der Waals surface area (Å²) >= 11 is 0. The topological polar surface area (TPSA) is 92.2 Å². The van der Waals surface area contributed by atoms with E-state index in [1.54, 1.807) is 4.90 Å². The molecule has 42 heavy (non-hydrogen) atoms. The Bertz CT molecular complexity index is 1570. The molecule has 1 saturated carbocycles. The number of pyridine rings is 1. The van der Waals surface area contributed by atoms with Gasteiger partial charge in [-0.3, -0.25) is 14.6 Å². The number of carbonyl (C=O) groups excluding carboxylic acids is 1. The van der Waals surface area contributed by atoms with Crippen molar-refractivity contribution in [1.82, 2.24) is 34.5 Å². The summed E-state index contributed by atoms with van der Waals surface area (Å²) in [7, 11) is 0. The van der Waals surface area contributed by atoms with Crippen molar-refractivity contribution in [3.8, 4) is 11.1 Å². The minimum Gasteiger partial charge on any atom is -0.444 e.